The fourth-order valence-corrected chi connectivity index (χ4v) is 3.87. The second-order valence-corrected chi connectivity index (χ2v) is 6.55. The highest BCUT2D eigenvalue weighted by molar-refractivity contribution is 9.10. The van der Waals surface area contributed by atoms with Crippen molar-refractivity contribution < 1.29 is 9.59 Å². The number of hydrogen-bond acceptors (Lipinski definition) is 3. The molecule has 1 aliphatic heterocycles. The zero-order chi connectivity index (χ0) is 14.0. The zero-order valence-corrected chi connectivity index (χ0v) is 13.4. The molecular formula is C13H17BrN2O2S. The van der Waals surface area contributed by atoms with Crippen LogP contribution >= 0.6 is 27.3 Å². The molecule has 1 aromatic heterocycles. The summed E-state index contributed by atoms with van der Waals surface area (Å²) in [4.78, 5) is 27.2. The first kappa shape index (κ1) is 14.5. The van der Waals surface area contributed by atoms with Gasteiger partial charge in [-0.25, -0.2) is 0 Å². The first-order valence-electron chi connectivity index (χ1n) is 6.34. The number of nitrogens with one attached hydrogen (secondary N) is 1. The van der Waals surface area contributed by atoms with Gasteiger partial charge in [0.25, 0.3) is 0 Å². The normalized spacial score (nSPS) is 18.6. The Morgan fingerprint density at radius 2 is 2.11 bits per heavy atom. The van der Waals surface area contributed by atoms with Crippen LogP contribution in [0.15, 0.2) is 15.9 Å². The molecule has 0 radical (unpaired) electrons. The van der Waals surface area contributed by atoms with Crippen molar-refractivity contribution in [1.82, 2.24) is 10.2 Å². The van der Waals surface area contributed by atoms with Crippen LogP contribution in [0.5, 0.6) is 0 Å². The van der Waals surface area contributed by atoms with E-state index in [1.807, 2.05) is 25.3 Å². The first-order chi connectivity index (χ1) is 9.02. The monoisotopic (exact) mass is 344 g/mol. The number of hydrogen-bond donors (Lipinski definition) is 1. The van der Waals surface area contributed by atoms with Crippen molar-refractivity contribution in [3.8, 4) is 0 Å². The second-order valence-electron chi connectivity index (χ2n) is 4.69. The maximum absolute atomic E-state index is 12.6. The Morgan fingerprint density at radius 1 is 1.42 bits per heavy atom. The molecule has 4 nitrogen and oxygen atoms in total. The largest absolute Gasteiger partial charge is 0.340 e. The molecule has 0 bridgehead atoms. The quantitative estimate of drug-likeness (QED) is 0.912. The van der Waals surface area contributed by atoms with Crippen molar-refractivity contribution in [2.45, 2.75) is 38.8 Å². The van der Waals surface area contributed by atoms with E-state index in [2.05, 4.69) is 21.2 Å². The minimum Gasteiger partial charge on any atom is -0.340 e. The lowest BCUT2D eigenvalue weighted by Crippen LogP contribution is -2.65. The minimum atomic E-state index is -0.723. The summed E-state index contributed by atoms with van der Waals surface area (Å²) < 4.78 is 0.995. The molecule has 1 N–H and O–H groups in total. The van der Waals surface area contributed by atoms with Crippen LogP contribution in [0.4, 0.5) is 0 Å². The Labute approximate surface area is 125 Å². The summed E-state index contributed by atoms with van der Waals surface area (Å²) in [7, 11) is 0. The molecule has 6 heteroatoms. The van der Waals surface area contributed by atoms with Crippen molar-refractivity contribution in [2.75, 3.05) is 6.54 Å². The van der Waals surface area contributed by atoms with E-state index in [1.54, 1.807) is 16.2 Å². The number of rotatable bonds is 4. The Bertz CT molecular complexity index is 497. The molecule has 1 fully saturated rings. The van der Waals surface area contributed by atoms with Crippen molar-refractivity contribution in [1.29, 1.82) is 0 Å². The molecule has 19 heavy (non-hydrogen) atoms. The molecule has 1 saturated heterocycles. The standard InChI is InChI=1S/C13H17BrN2O2S/c1-3-13(4-2)12(18)16(8-11(17)15-13)7-10-9(14)5-6-19-10/h5-6H,3-4,7-8H2,1-2H3,(H,15,17). The van der Waals surface area contributed by atoms with Crippen LogP contribution in [0.25, 0.3) is 0 Å². The topological polar surface area (TPSA) is 49.4 Å². The Balaban J connectivity index is 2.23. The lowest BCUT2D eigenvalue weighted by atomic mass is 9.89. The van der Waals surface area contributed by atoms with Gasteiger partial charge in [-0.1, -0.05) is 13.8 Å². The molecule has 0 atom stereocenters. The molecule has 0 spiro atoms. The number of thiophene rings is 1. The summed E-state index contributed by atoms with van der Waals surface area (Å²) in [5.41, 5.74) is -0.723. The average Bonchev–Trinajstić information content (AvgIpc) is 2.79. The highest BCUT2D eigenvalue weighted by Gasteiger charge is 2.43. The van der Waals surface area contributed by atoms with Crippen molar-refractivity contribution >= 4 is 39.1 Å². The van der Waals surface area contributed by atoms with E-state index in [-0.39, 0.29) is 18.4 Å². The minimum absolute atomic E-state index is 0.0254. The predicted octanol–water partition coefficient (Wildman–Crippen LogP) is 2.53. The average molecular weight is 345 g/mol. The maximum Gasteiger partial charge on any atom is 0.249 e. The van der Waals surface area contributed by atoms with Crippen LogP contribution in [0.2, 0.25) is 0 Å². The maximum atomic E-state index is 12.6. The molecule has 1 aliphatic rings. The highest BCUT2D eigenvalue weighted by atomic mass is 79.9. The van der Waals surface area contributed by atoms with E-state index in [0.29, 0.717) is 19.4 Å². The van der Waals surface area contributed by atoms with Gasteiger partial charge in [0.2, 0.25) is 11.8 Å². The molecule has 2 amide bonds. The van der Waals surface area contributed by atoms with Gasteiger partial charge in [0.1, 0.15) is 12.1 Å². The van der Waals surface area contributed by atoms with Gasteiger partial charge < -0.3 is 10.2 Å². The van der Waals surface area contributed by atoms with Gasteiger partial charge in [-0.15, -0.1) is 11.3 Å². The van der Waals surface area contributed by atoms with Gasteiger partial charge in [0.15, 0.2) is 0 Å². The number of halogens is 1. The van der Waals surface area contributed by atoms with E-state index < -0.39 is 5.54 Å². The van der Waals surface area contributed by atoms with E-state index >= 15 is 0 Å². The van der Waals surface area contributed by atoms with Crippen molar-refractivity contribution in [3.05, 3.63) is 20.8 Å². The summed E-state index contributed by atoms with van der Waals surface area (Å²) >= 11 is 5.05. The number of amides is 2. The van der Waals surface area contributed by atoms with Gasteiger partial charge in [-0.3, -0.25) is 9.59 Å². The fourth-order valence-electron chi connectivity index (χ4n) is 2.38. The van der Waals surface area contributed by atoms with Crippen LogP contribution < -0.4 is 5.32 Å². The van der Waals surface area contributed by atoms with Crippen molar-refractivity contribution in [2.24, 2.45) is 0 Å². The third kappa shape index (κ3) is 2.69. The zero-order valence-electron chi connectivity index (χ0n) is 11.0. The number of carbonyl (C=O) groups excluding carboxylic acids is 2. The third-order valence-corrected chi connectivity index (χ3v) is 5.55. The molecule has 0 unspecified atom stereocenters. The Kier molecular flexibility index (Phi) is 4.30. The molecule has 2 rings (SSSR count). The summed E-state index contributed by atoms with van der Waals surface area (Å²) in [6.07, 6.45) is 1.24. The van der Waals surface area contributed by atoms with Gasteiger partial charge >= 0.3 is 0 Å². The van der Waals surface area contributed by atoms with Gasteiger partial charge in [0.05, 0.1) is 6.54 Å². The van der Waals surface area contributed by atoms with Crippen LogP contribution in [0.1, 0.15) is 31.6 Å². The Morgan fingerprint density at radius 3 is 2.63 bits per heavy atom. The number of carbonyl (C=O) groups is 2. The van der Waals surface area contributed by atoms with Crippen LogP contribution in [0.3, 0.4) is 0 Å². The second kappa shape index (κ2) is 5.63. The smallest absolute Gasteiger partial charge is 0.249 e. The number of piperazine rings is 1. The number of nitrogens with zero attached hydrogens (tertiary/aromatic N) is 1. The molecule has 104 valence electrons. The molecule has 0 aliphatic carbocycles. The van der Waals surface area contributed by atoms with E-state index in [4.69, 9.17) is 0 Å². The summed E-state index contributed by atoms with van der Waals surface area (Å²) in [5.74, 6) is -0.0478. The highest BCUT2D eigenvalue weighted by Crippen LogP contribution is 2.28. The van der Waals surface area contributed by atoms with Gasteiger partial charge in [-0.2, -0.15) is 0 Å². The Hall–Kier alpha value is -0.880. The summed E-state index contributed by atoms with van der Waals surface area (Å²) in [6, 6.07) is 1.96. The summed E-state index contributed by atoms with van der Waals surface area (Å²) in [6.45, 7) is 4.51. The third-order valence-electron chi connectivity index (χ3n) is 3.64. The van der Waals surface area contributed by atoms with E-state index in [9.17, 15) is 9.59 Å². The predicted molar refractivity (Wildman–Crippen MR) is 78.9 cm³/mol. The lowest BCUT2D eigenvalue weighted by molar-refractivity contribution is -0.151. The first-order valence-corrected chi connectivity index (χ1v) is 8.02. The van der Waals surface area contributed by atoms with Crippen LogP contribution in [-0.4, -0.2) is 28.8 Å². The molecule has 0 saturated carbocycles. The SMILES string of the molecule is CCC1(CC)NC(=O)CN(Cc2sccc2Br)C1=O. The lowest BCUT2D eigenvalue weighted by Gasteiger charge is -2.41. The van der Waals surface area contributed by atoms with Crippen molar-refractivity contribution in [3.63, 3.8) is 0 Å². The molecule has 0 aromatic carbocycles. The van der Waals surface area contributed by atoms with Gasteiger partial charge in [0, 0.05) is 9.35 Å². The van der Waals surface area contributed by atoms with Crippen LogP contribution in [-0.2, 0) is 16.1 Å². The van der Waals surface area contributed by atoms with E-state index in [1.165, 1.54) is 0 Å². The van der Waals surface area contributed by atoms with E-state index in [0.717, 1.165) is 9.35 Å². The molecule has 2 heterocycles. The summed E-state index contributed by atoms with van der Waals surface area (Å²) in [5, 5.41) is 4.84. The molecule has 1 aromatic rings. The molecular weight excluding hydrogens is 328 g/mol. The van der Waals surface area contributed by atoms with Crippen LogP contribution in [0, 0.1) is 0 Å². The fraction of sp³-hybridized carbons (Fsp3) is 0.538. The van der Waals surface area contributed by atoms with Gasteiger partial charge in [-0.05, 0) is 40.2 Å².